The molecule has 2 N–H and O–H groups in total. The number of rotatable bonds is 4. The van der Waals surface area contributed by atoms with Gasteiger partial charge in [0.05, 0.1) is 12.4 Å². The van der Waals surface area contributed by atoms with E-state index in [1.807, 2.05) is 0 Å². The van der Waals surface area contributed by atoms with Crippen molar-refractivity contribution in [2.45, 2.75) is 26.8 Å². The minimum atomic E-state index is 0. The van der Waals surface area contributed by atoms with E-state index in [-0.39, 0.29) is 12.4 Å². The molecule has 3 heteroatoms. The molecule has 0 saturated heterocycles. The predicted octanol–water partition coefficient (Wildman–Crippen LogP) is 4.98. The molecule has 0 fully saturated rings. The summed E-state index contributed by atoms with van der Waals surface area (Å²) in [7, 11) is 0. The quantitative estimate of drug-likeness (QED) is 0.529. The number of fused-ring (bicyclic) bond motifs is 1. The van der Waals surface area contributed by atoms with E-state index >= 15 is 0 Å². The fourth-order valence-electron chi connectivity index (χ4n) is 2.82. The van der Waals surface area contributed by atoms with Crippen LogP contribution in [0.5, 0.6) is 0 Å². The molecule has 3 aromatic carbocycles. The van der Waals surface area contributed by atoms with Gasteiger partial charge in [0.2, 0.25) is 0 Å². The van der Waals surface area contributed by atoms with Crippen molar-refractivity contribution >= 4 is 29.0 Å². The largest absolute Gasteiger partial charge is 0.387 e. The Kier molecular flexibility index (Phi) is 5.99. The molecule has 0 spiro atoms. The van der Waals surface area contributed by atoms with Gasteiger partial charge in [-0.2, -0.15) is 0 Å². The Bertz CT molecular complexity index is 869. The Morgan fingerprint density at radius 1 is 0.917 bits per heavy atom. The number of nitrogens with two attached hydrogens (primary N) is 1. The number of nitrogens with zero attached hydrogens (tertiary/aromatic N) is 1. The number of aryl methyl sites for hydroxylation is 2. The van der Waals surface area contributed by atoms with Crippen LogP contribution in [0.2, 0.25) is 0 Å². The highest BCUT2D eigenvalue weighted by Gasteiger charge is 2.01. The lowest BCUT2D eigenvalue weighted by Crippen LogP contribution is -2.15. The van der Waals surface area contributed by atoms with Crippen LogP contribution < -0.4 is 5.73 Å². The average Bonchev–Trinajstić information content (AvgIpc) is 2.54. The van der Waals surface area contributed by atoms with Crippen LogP contribution in [0.3, 0.4) is 0 Å². The maximum Gasteiger partial charge on any atom is 0.0985 e. The second kappa shape index (κ2) is 7.98. The van der Waals surface area contributed by atoms with Gasteiger partial charge in [-0.05, 0) is 41.3 Å². The molecule has 0 aliphatic rings. The number of benzene rings is 3. The van der Waals surface area contributed by atoms with Gasteiger partial charge in [0.1, 0.15) is 0 Å². The Morgan fingerprint density at radius 2 is 1.67 bits per heavy atom. The fourth-order valence-corrected chi connectivity index (χ4v) is 2.82. The normalized spacial score (nSPS) is 11.3. The van der Waals surface area contributed by atoms with Crippen molar-refractivity contribution in [1.82, 2.24) is 0 Å². The molecule has 0 heterocycles. The van der Waals surface area contributed by atoms with Gasteiger partial charge >= 0.3 is 0 Å². The first kappa shape index (κ1) is 18.0. The van der Waals surface area contributed by atoms with Crippen molar-refractivity contribution < 1.29 is 0 Å². The number of hydrogen-bond acceptors (Lipinski definition) is 1. The molecule has 3 aromatic rings. The minimum Gasteiger partial charge on any atom is -0.387 e. The van der Waals surface area contributed by atoms with E-state index in [4.69, 9.17) is 5.73 Å². The van der Waals surface area contributed by atoms with E-state index in [1.54, 1.807) is 0 Å². The molecule has 0 bridgehead atoms. The first-order valence-electron chi connectivity index (χ1n) is 7.94. The van der Waals surface area contributed by atoms with Crippen LogP contribution in [0.15, 0.2) is 65.7 Å². The molecule has 0 aromatic heterocycles. The van der Waals surface area contributed by atoms with Crippen LogP contribution in [0.25, 0.3) is 10.8 Å². The average molecular weight is 339 g/mol. The Morgan fingerprint density at radius 3 is 2.42 bits per heavy atom. The summed E-state index contributed by atoms with van der Waals surface area (Å²) in [6.07, 6.45) is 0.690. The van der Waals surface area contributed by atoms with Crippen LogP contribution in [0.4, 0.5) is 0 Å². The van der Waals surface area contributed by atoms with Crippen molar-refractivity contribution in [2.24, 2.45) is 10.7 Å². The van der Waals surface area contributed by atoms with Crippen LogP contribution >= 0.6 is 12.4 Å². The lowest BCUT2D eigenvalue weighted by molar-refractivity contribution is 1.02. The van der Waals surface area contributed by atoms with Gasteiger partial charge < -0.3 is 5.73 Å². The highest BCUT2D eigenvalue weighted by molar-refractivity contribution is 5.86. The van der Waals surface area contributed by atoms with Crippen molar-refractivity contribution in [3.63, 3.8) is 0 Å². The highest BCUT2D eigenvalue weighted by atomic mass is 35.5. The van der Waals surface area contributed by atoms with E-state index in [9.17, 15) is 0 Å². The Balaban J connectivity index is 0.00000208. The summed E-state index contributed by atoms with van der Waals surface area (Å²) < 4.78 is 0. The Labute approximate surface area is 149 Å². The second-order valence-electron chi connectivity index (χ2n) is 6.10. The standard InChI is InChI=1S/C21H22N2.ClH/c1-15-7-9-20(16(2)11-15)14-23-21(22)13-17-8-10-18-5-3-4-6-19(18)12-17;/h3-12H,13-14H2,1-2H3,(H2,22,23);1H. The van der Waals surface area contributed by atoms with Gasteiger partial charge in [-0.1, -0.05) is 66.2 Å². The topological polar surface area (TPSA) is 38.4 Å². The number of amidine groups is 1. The summed E-state index contributed by atoms with van der Waals surface area (Å²) >= 11 is 0. The Hall–Kier alpha value is -2.32. The molecule has 0 aliphatic heterocycles. The van der Waals surface area contributed by atoms with Gasteiger partial charge in [-0.15, -0.1) is 12.4 Å². The van der Waals surface area contributed by atoms with Gasteiger partial charge in [-0.25, -0.2) is 0 Å². The maximum atomic E-state index is 6.13. The predicted molar refractivity (Wildman–Crippen MR) is 106 cm³/mol. The van der Waals surface area contributed by atoms with Crippen molar-refractivity contribution in [3.05, 3.63) is 82.9 Å². The molecule has 0 unspecified atom stereocenters. The van der Waals surface area contributed by atoms with Crippen molar-refractivity contribution in [3.8, 4) is 0 Å². The van der Waals surface area contributed by atoms with E-state index in [0.29, 0.717) is 18.8 Å². The van der Waals surface area contributed by atoms with E-state index in [1.165, 1.54) is 33.0 Å². The van der Waals surface area contributed by atoms with Crippen molar-refractivity contribution in [2.75, 3.05) is 0 Å². The van der Waals surface area contributed by atoms with Crippen LogP contribution in [-0.4, -0.2) is 5.84 Å². The summed E-state index contributed by atoms with van der Waals surface area (Å²) in [4.78, 5) is 4.55. The SMILES string of the molecule is Cc1ccc(CN=C(N)Cc2ccc3ccccc3c2)c(C)c1.Cl. The molecular weight excluding hydrogens is 316 g/mol. The molecular formula is C21H23ClN2. The van der Waals surface area contributed by atoms with Gasteiger partial charge in [0, 0.05) is 6.42 Å². The van der Waals surface area contributed by atoms with E-state index in [0.717, 1.165) is 0 Å². The molecule has 0 atom stereocenters. The molecule has 124 valence electrons. The molecule has 0 aliphatic carbocycles. The third-order valence-corrected chi connectivity index (χ3v) is 4.15. The molecule has 3 rings (SSSR count). The molecule has 0 saturated carbocycles. The third kappa shape index (κ3) is 4.36. The molecule has 2 nitrogen and oxygen atoms in total. The zero-order valence-electron chi connectivity index (χ0n) is 14.1. The highest BCUT2D eigenvalue weighted by Crippen LogP contribution is 2.16. The summed E-state index contributed by atoms with van der Waals surface area (Å²) in [5, 5.41) is 2.49. The molecule has 0 amide bonds. The number of halogens is 1. The van der Waals surface area contributed by atoms with E-state index < -0.39 is 0 Å². The minimum absolute atomic E-state index is 0. The van der Waals surface area contributed by atoms with E-state index in [2.05, 4.69) is 79.5 Å². The van der Waals surface area contributed by atoms with Crippen LogP contribution in [0, 0.1) is 13.8 Å². The lowest BCUT2D eigenvalue weighted by atomic mass is 10.0. The summed E-state index contributed by atoms with van der Waals surface area (Å²) in [6.45, 7) is 4.87. The zero-order valence-corrected chi connectivity index (χ0v) is 14.9. The van der Waals surface area contributed by atoms with Crippen molar-refractivity contribution in [1.29, 1.82) is 0 Å². The number of hydrogen-bond donors (Lipinski definition) is 1. The second-order valence-corrected chi connectivity index (χ2v) is 6.10. The molecule has 0 radical (unpaired) electrons. The maximum absolute atomic E-state index is 6.13. The molecule has 24 heavy (non-hydrogen) atoms. The lowest BCUT2D eigenvalue weighted by Gasteiger charge is -2.06. The zero-order chi connectivity index (χ0) is 16.2. The first-order valence-corrected chi connectivity index (χ1v) is 7.94. The monoisotopic (exact) mass is 338 g/mol. The van der Waals surface area contributed by atoms with Gasteiger partial charge in [0.25, 0.3) is 0 Å². The summed E-state index contributed by atoms with van der Waals surface area (Å²) in [5.41, 5.74) is 11.1. The van der Waals surface area contributed by atoms with Crippen LogP contribution in [0.1, 0.15) is 22.3 Å². The summed E-state index contributed by atoms with van der Waals surface area (Å²) in [5.74, 6) is 0.681. The fraction of sp³-hybridized carbons (Fsp3) is 0.190. The number of aliphatic imine (C=N–C) groups is 1. The van der Waals surface area contributed by atoms with Gasteiger partial charge in [-0.3, -0.25) is 4.99 Å². The first-order chi connectivity index (χ1) is 11.1. The smallest absolute Gasteiger partial charge is 0.0985 e. The van der Waals surface area contributed by atoms with Crippen LogP contribution in [-0.2, 0) is 13.0 Å². The third-order valence-electron chi connectivity index (χ3n) is 4.15. The summed E-state index contributed by atoms with van der Waals surface area (Å²) in [6, 6.07) is 21.3. The van der Waals surface area contributed by atoms with Gasteiger partial charge in [0.15, 0.2) is 0 Å².